The Bertz CT molecular complexity index is 1530. The molecule has 2 heterocycles. The van der Waals surface area contributed by atoms with Gasteiger partial charge in [-0.1, -0.05) is 54.1 Å². The van der Waals surface area contributed by atoms with Gasteiger partial charge >= 0.3 is 0 Å². The van der Waals surface area contributed by atoms with Crippen LogP contribution in [-0.2, 0) is 6.61 Å². The van der Waals surface area contributed by atoms with Crippen LogP contribution in [0.15, 0.2) is 83.8 Å². The maximum absolute atomic E-state index is 13.3. The molecule has 0 radical (unpaired) electrons. The van der Waals surface area contributed by atoms with E-state index in [4.69, 9.17) is 16.3 Å². The van der Waals surface area contributed by atoms with Crippen molar-refractivity contribution in [1.82, 2.24) is 9.55 Å². The highest BCUT2D eigenvalue weighted by molar-refractivity contribution is 6.32. The van der Waals surface area contributed by atoms with Crippen molar-refractivity contribution >= 4 is 33.4 Å². The summed E-state index contributed by atoms with van der Waals surface area (Å²) in [6.07, 6.45) is 1.67. The second-order valence-electron chi connectivity index (χ2n) is 7.10. The van der Waals surface area contributed by atoms with E-state index in [0.29, 0.717) is 28.6 Å². The molecule has 31 heavy (non-hydrogen) atoms. The van der Waals surface area contributed by atoms with Gasteiger partial charge in [-0.2, -0.15) is 5.26 Å². The Hall–Kier alpha value is -4.01. The van der Waals surface area contributed by atoms with Gasteiger partial charge in [-0.05, 0) is 35.9 Å². The molecule has 0 saturated carbocycles. The van der Waals surface area contributed by atoms with Gasteiger partial charge < -0.3 is 9.72 Å². The van der Waals surface area contributed by atoms with Crippen LogP contribution in [0.3, 0.4) is 0 Å². The summed E-state index contributed by atoms with van der Waals surface area (Å²) in [5.74, 6) is 0.699. The number of halogens is 1. The van der Waals surface area contributed by atoms with E-state index in [0.717, 1.165) is 21.9 Å². The summed E-state index contributed by atoms with van der Waals surface area (Å²) in [4.78, 5) is 16.5. The number of benzene rings is 3. The minimum atomic E-state index is -0.263. The lowest BCUT2D eigenvalue weighted by Gasteiger charge is -2.09. The third-order valence-corrected chi connectivity index (χ3v) is 5.56. The molecule has 0 aliphatic carbocycles. The lowest BCUT2D eigenvalue weighted by atomic mass is 10.1. The molecule has 0 bridgehead atoms. The van der Waals surface area contributed by atoms with Gasteiger partial charge in [0.1, 0.15) is 23.9 Å². The van der Waals surface area contributed by atoms with Crippen LogP contribution >= 0.6 is 11.6 Å². The lowest BCUT2D eigenvalue weighted by molar-refractivity contribution is 0.310. The molecule has 6 heteroatoms. The topological polar surface area (TPSA) is 70.8 Å². The van der Waals surface area contributed by atoms with E-state index in [-0.39, 0.29) is 11.1 Å². The molecule has 0 aliphatic rings. The van der Waals surface area contributed by atoms with E-state index in [9.17, 15) is 10.1 Å². The summed E-state index contributed by atoms with van der Waals surface area (Å²) >= 11 is 6.16. The Balaban J connectivity index is 1.65. The van der Waals surface area contributed by atoms with Gasteiger partial charge in [-0.3, -0.25) is 9.36 Å². The fourth-order valence-corrected chi connectivity index (χ4v) is 3.99. The summed E-state index contributed by atoms with van der Waals surface area (Å²) in [5.41, 5.74) is 2.75. The highest BCUT2D eigenvalue weighted by atomic mass is 35.5. The molecule has 0 amide bonds. The predicted octanol–water partition coefficient (Wildman–Crippen LogP) is 5.58. The molecule has 0 atom stereocenters. The van der Waals surface area contributed by atoms with Gasteiger partial charge in [-0.15, -0.1) is 0 Å². The highest BCUT2D eigenvalue weighted by Gasteiger charge is 2.16. The third kappa shape index (κ3) is 3.24. The normalized spacial score (nSPS) is 11.0. The molecule has 0 spiro atoms. The number of aromatic nitrogens is 2. The average Bonchev–Trinajstić information content (AvgIpc) is 3.19. The second kappa shape index (κ2) is 7.67. The summed E-state index contributed by atoms with van der Waals surface area (Å²) < 4.78 is 7.53. The summed E-state index contributed by atoms with van der Waals surface area (Å²) in [6.45, 7) is 0.428. The summed E-state index contributed by atoms with van der Waals surface area (Å²) in [5, 5.41) is 11.4. The third-order valence-electron chi connectivity index (χ3n) is 5.25. The largest absolute Gasteiger partial charge is 0.488 e. The predicted molar refractivity (Wildman–Crippen MR) is 122 cm³/mol. The molecule has 2 aromatic heterocycles. The second-order valence-corrected chi connectivity index (χ2v) is 7.51. The first-order valence-electron chi connectivity index (χ1n) is 9.69. The Morgan fingerprint density at radius 3 is 2.61 bits per heavy atom. The van der Waals surface area contributed by atoms with E-state index < -0.39 is 0 Å². The van der Waals surface area contributed by atoms with Crippen LogP contribution in [0.5, 0.6) is 5.75 Å². The van der Waals surface area contributed by atoms with E-state index in [1.165, 1.54) is 4.57 Å². The monoisotopic (exact) mass is 425 g/mol. The fraction of sp³-hybridized carbons (Fsp3) is 0.0400. The molecule has 5 nitrogen and oxygen atoms in total. The van der Waals surface area contributed by atoms with E-state index in [1.807, 2.05) is 54.6 Å². The SMILES string of the molecule is N#Cc1c(Cl)cccc1-n1ccc2c([nH]c3cccc(OCc4ccccc4)c32)c1=O. The quantitative estimate of drug-likeness (QED) is 0.408. The minimum Gasteiger partial charge on any atom is -0.488 e. The van der Waals surface area contributed by atoms with E-state index >= 15 is 0 Å². The summed E-state index contributed by atoms with van der Waals surface area (Å²) in [7, 11) is 0. The van der Waals surface area contributed by atoms with Crippen LogP contribution in [0.2, 0.25) is 5.02 Å². The van der Waals surface area contributed by atoms with E-state index in [2.05, 4.69) is 11.1 Å². The molecule has 150 valence electrons. The van der Waals surface area contributed by atoms with Crippen LogP contribution in [-0.4, -0.2) is 9.55 Å². The van der Waals surface area contributed by atoms with Crippen molar-refractivity contribution in [3.05, 3.63) is 105 Å². The number of hydrogen-bond donors (Lipinski definition) is 1. The van der Waals surface area contributed by atoms with Crippen molar-refractivity contribution in [2.45, 2.75) is 6.61 Å². The molecular formula is C25H16ClN3O2. The number of hydrogen-bond acceptors (Lipinski definition) is 3. The zero-order chi connectivity index (χ0) is 21.4. The molecule has 5 rings (SSSR count). The molecule has 0 fully saturated rings. The van der Waals surface area contributed by atoms with Crippen LogP contribution in [0.25, 0.3) is 27.5 Å². The van der Waals surface area contributed by atoms with Gasteiger partial charge in [0.05, 0.1) is 21.8 Å². The highest BCUT2D eigenvalue weighted by Crippen LogP contribution is 2.33. The number of H-pyrrole nitrogens is 1. The molecule has 5 aromatic rings. The van der Waals surface area contributed by atoms with Crippen molar-refractivity contribution in [1.29, 1.82) is 5.26 Å². The minimum absolute atomic E-state index is 0.258. The number of aromatic amines is 1. The molecule has 1 N–H and O–H groups in total. The van der Waals surface area contributed by atoms with Crippen molar-refractivity contribution in [3.8, 4) is 17.5 Å². The number of pyridine rings is 1. The molecule has 0 saturated heterocycles. The maximum atomic E-state index is 13.3. The Kier molecular flexibility index (Phi) is 4.70. The zero-order valence-corrected chi connectivity index (χ0v) is 17.1. The Morgan fingerprint density at radius 2 is 1.81 bits per heavy atom. The Labute approximate surface area is 182 Å². The van der Waals surface area contributed by atoms with Gasteiger partial charge in [-0.25, -0.2) is 0 Å². The first-order chi connectivity index (χ1) is 15.2. The number of rotatable bonds is 4. The Morgan fingerprint density at radius 1 is 1.00 bits per heavy atom. The van der Waals surface area contributed by atoms with Gasteiger partial charge in [0.15, 0.2) is 0 Å². The first kappa shape index (κ1) is 19.0. The number of fused-ring (bicyclic) bond motifs is 3. The maximum Gasteiger partial charge on any atom is 0.279 e. The van der Waals surface area contributed by atoms with Crippen LogP contribution in [0, 0.1) is 11.3 Å². The molecule has 3 aromatic carbocycles. The number of nitrogens with one attached hydrogen (secondary N) is 1. The standard InChI is InChI=1S/C25H16ClN3O2/c26-19-8-4-10-21(18(19)14-27)29-13-12-17-23-20(28-24(17)25(29)30)9-5-11-22(23)31-15-16-6-2-1-3-7-16/h1-13,28H,15H2. The van der Waals surface area contributed by atoms with Crippen molar-refractivity contribution in [2.75, 3.05) is 0 Å². The van der Waals surface area contributed by atoms with Crippen molar-refractivity contribution in [2.24, 2.45) is 0 Å². The van der Waals surface area contributed by atoms with Crippen LogP contribution in [0.1, 0.15) is 11.1 Å². The number of nitrogens with zero attached hydrogens (tertiary/aromatic N) is 2. The van der Waals surface area contributed by atoms with Crippen molar-refractivity contribution < 1.29 is 4.74 Å². The van der Waals surface area contributed by atoms with Gasteiger partial charge in [0.2, 0.25) is 0 Å². The molecular weight excluding hydrogens is 410 g/mol. The number of nitriles is 1. The van der Waals surface area contributed by atoms with Crippen LogP contribution < -0.4 is 10.3 Å². The fourth-order valence-electron chi connectivity index (χ4n) is 3.78. The van der Waals surface area contributed by atoms with E-state index in [1.54, 1.807) is 24.4 Å². The van der Waals surface area contributed by atoms with Gasteiger partial charge in [0.25, 0.3) is 5.56 Å². The molecule has 0 aliphatic heterocycles. The lowest BCUT2D eigenvalue weighted by Crippen LogP contribution is -2.18. The first-order valence-corrected chi connectivity index (χ1v) is 10.1. The average molecular weight is 426 g/mol. The molecule has 0 unspecified atom stereocenters. The van der Waals surface area contributed by atoms with Gasteiger partial charge in [0, 0.05) is 17.0 Å². The smallest absolute Gasteiger partial charge is 0.279 e. The summed E-state index contributed by atoms with van der Waals surface area (Å²) in [6, 6.07) is 24.6. The van der Waals surface area contributed by atoms with Crippen LogP contribution in [0.4, 0.5) is 0 Å². The van der Waals surface area contributed by atoms with Crippen molar-refractivity contribution in [3.63, 3.8) is 0 Å². The zero-order valence-electron chi connectivity index (χ0n) is 16.3. The number of ether oxygens (including phenoxy) is 1.